The summed E-state index contributed by atoms with van der Waals surface area (Å²) in [6.45, 7) is 1.40. The van der Waals surface area contributed by atoms with Gasteiger partial charge >= 0.3 is 0 Å². The van der Waals surface area contributed by atoms with Gasteiger partial charge in [0.2, 0.25) is 0 Å². The maximum Gasteiger partial charge on any atom is 0.195 e. The second-order valence-corrected chi connectivity index (χ2v) is 5.54. The number of thiazole rings is 1. The zero-order valence-corrected chi connectivity index (χ0v) is 12.2. The summed E-state index contributed by atoms with van der Waals surface area (Å²) in [5, 5.41) is 2.03. The standard InChI is InChI=1S/C14H17N5S/c1-18(7-4-11-2-5-16-6-3-11)13-12(10-15)19-8-9-20-14(19)17-13/h2-3,5-6,8-9H,4,7,10,15H2,1H3. The molecular weight excluding hydrogens is 270 g/mol. The summed E-state index contributed by atoms with van der Waals surface area (Å²) in [5.74, 6) is 0.980. The molecule has 0 amide bonds. The molecule has 0 fully saturated rings. The van der Waals surface area contributed by atoms with Crippen LogP contribution >= 0.6 is 11.3 Å². The van der Waals surface area contributed by atoms with Crippen LogP contribution in [0.15, 0.2) is 36.1 Å². The fourth-order valence-corrected chi connectivity index (χ4v) is 3.00. The van der Waals surface area contributed by atoms with Crippen molar-refractivity contribution >= 4 is 22.1 Å². The molecule has 0 aliphatic carbocycles. The van der Waals surface area contributed by atoms with E-state index in [4.69, 9.17) is 5.73 Å². The van der Waals surface area contributed by atoms with E-state index in [0.717, 1.165) is 29.4 Å². The van der Waals surface area contributed by atoms with Gasteiger partial charge < -0.3 is 10.6 Å². The van der Waals surface area contributed by atoms with Crippen LogP contribution in [-0.4, -0.2) is 28.0 Å². The second kappa shape index (κ2) is 5.60. The van der Waals surface area contributed by atoms with Gasteiger partial charge in [-0.15, -0.1) is 11.3 Å². The quantitative estimate of drug-likeness (QED) is 0.779. The fraction of sp³-hybridized carbons (Fsp3) is 0.286. The first-order valence-electron chi connectivity index (χ1n) is 6.54. The Kier molecular flexibility index (Phi) is 3.66. The van der Waals surface area contributed by atoms with Gasteiger partial charge in [0.05, 0.1) is 5.69 Å². The van der Waals surface area contributed by atoms with Gasteiger partial charge in [-0.05, 0) is 24.1 Å². The number of hydrogen-bond donors (Lipinski definition) is 1. The second-order valence-electron chi connectivity index (χ2n) is 4.67. The van der Waals surface area contributed by atoms with Crippen LogP contribution in [-0.2, 0) is 13.0 Å². The van der Waals surface area contributed by atoms with Crippen molar-refractivity contribution in [2.24, 2.45) is 5.73 Å². The SMILES string of the molecule is CN(CCc1ccncc1)c1nc2sccn2c1CN. The molecule has 0 unspecified atom stereocenters. The average molecular weight is 287 g/mol. The van der Waals surface area contributed by atoms with Crippen molar-refractivity contribution in [2.75, 3.05) is 18.5 Å². The maximum absolute atomic E-state index is 5.87. The van der Waals surface area contributed by atoms with Crippen LogP contribution in [0.3, 0.4) is 0 Å². The Morgan fingerprint density at radius 2 is 2.15 bits per heavy atom. The maximum atomic E-state index is 5.87. The first-order valence-corrected chi connectivity index (χ1v) is 7.42. The van der Waals surface area contributed by atoms with Crippen LogP contribution < -0.4 is 10.6 Å². The zero-order valence-electron chi connectivity index (χ0n) is 11.4. The molecule has 0 aromatic carbocycles. The van der Waals surface area contributed by atoms with E-state index in [0.29, 0.717) is 6.54 Å². The van der Waals surface area contributed by atoms with E-state index in [9.17, 15) is 0 Å². The molecule has 20 heavy (non-hydrogen) atoms. The summed E-state index contributed by atoms with van der Waals surface area (Å²) in [5.41, 5.74) is 8.22. The Bertz CT molecular complexity index is 688. The number of fused-ring (bicyclic) bond motifs is 1. The molecule has 3 rings (SSSR count). The van der Waals surface area contributed by atoms with E-state index < -0.39 is 0 Å². The summed E-state index contributed by atoms with van der Waals surface area (Å²) in [6.07, 6.45) is 6.64. The molecular formula is C14H17N5S. The molecule has 0 spiro atoms. The van der Waals surface area contributed by atoms with Crippen LogP contribution in [0.2, 0.25) is 0 Å². The lowest BCUT2D eigenvalue weighted by Crippen LogP contribution is -2.22. The molecule has 0 radical (unpaired) electrons. The third-order valence-electron chi connectivity index (χ3n) is 3.38. The lowest BCUT2D eigenvalue weighted by Gasteiger charge is -2.18. The highest BCUT2D eigenvalue weighted by Crippen LogP contribution is 2.23. The first kappa shape index (κ1) is 13.1. The molecule has 0 atom stereocenters. The molecule has 0 aliphatic heterocycles. The van der Waals surface area contributed by atoms with Crippen molar-refractivity contribution in [1.82, 2.24) is 14.4 Å². The molecule has 5 nitrogen and oxygen atoms in total. The topological polar surface area (TPSA) is 59.5 Å². The Balaban J connectivity index is 1.78. The third kappa shape index (κ3) is 2.39. The molecule has 0 bridgehead atoms. The highest BCUT2D eigenvalue weighted by atomic mass is 32.1. The highest BCUT2D eigenvalue weighted by Gasteiger charge is 2.15. The summed E-state index contributed by atoms with van der Waals surface area (Å²) in [7, 11) is 2.06. The van der Waals surface area contributed by atoms with Gasteiger partial charge in [0.15, 0.2) is 10.8 Å². The van der Waals surface area contributed by atoms with E-state index in [-0.39, 0.29) is 0 Å². The molecule has 2 N–H and O–H groups in total. The van der Waals surface area contributed by atoms with Crippen LogP contribution in [0.25, 0.3) is 4.96 Å². The first-order chi connectivity index (χ1) is 9.79. The smallest absolute Gasteiger partial charge is 0.195 e. The Morgan fingerprint density at radius 1 is 1.35 bits per heavy atom. The Morgan fingerprint density at radius 3 is 2.90 bits per heavy atom. The van der Waals surface area contributed by atoms with E-state index in [1.54, 1.807) is 11.3 Å². The molecule has 6 heteroatoms. The number of anilines is 1. The van der Waals surface area contributed by atoms with Gasteiger partial charge in [0.25, 0.3) is 0 Å². The van der Waals surface area contributed by atoms with Crippen LogP contribution in [0.5, 0.6) is 0 Å². The van der Waals surface area contributed by atoms with Crippen LogP contribution in [0.4, 0.5) is 5.82 Å². The minimum Gasteiger partial charge on any atom is -0.358 e. The summed E-state index contributed by atoms with van der Waals surface area (Å²) >= 11 is 1.63. The molecule has 0 aliphatic rings. The lowest BCUT2D eigenvalue weighted by atomic mass is 10.2. The van der Waals surface area contributed by atoms with E-state index in [2.05, 4.69) is 26.3 Å². The molecule has 104 valence electrons. The molecule has 3 heterocycles. The summed E-state index contributed by atoms with van der Waals surface area (Å²) in [6, 6.07) is 4.09. The lowest BCUT2D eigenvalue weighted by molar-refractivity contribution is 0.845. The number of imidazole rings is 1. The third-order valence-corrected chi connectivity index (χ3v) is 4.14. The average Bonchev–Trinajstić information content (AvgIpc) is 3.06. The molecule has 3 aromatic rings. The number of aromatic nitrogens is 3. The molecule has 0 saturated carbocycles. The summed E-state index contributed by atoms with van der Waals surface area (Å²) in [4.78, 5) is 11.9. The van der Waals surface area contributed by atoms with E-state index in [1.165, 1.54) is 5.56 Å². The number of nitrogens with two attached hydrogens (primary N) is 1. The molecule has 3 aromatic heterocycles. The number of pyridine rings is 1. The van der Waals surface area contributed by atoms with Gasteiger partial charge in [0.1, 0.15) is 0 Å². The largest absolute Gasteiger partial charge is 0.358 e. The number of rotatable bonds is 5. The Labute approximate surface area is 121 Å². The van der Waals surface area contributed by atoms with Crippen LogP contribution in [0.1, 0.15) is 11.3 Å². The van der Waals surface area contributed by atoms with Gasteiger partial charge in [-0.1, -0.05) is 0 Å². The monoisotopic (exact) mass is 287 g/mol. The number of likely N-dealkylation sites (N-methyl/N-ethyl adjacent to an activating group) is 1. The van der Waals surface area contributed by atoms with Gasteiger partial charge in [-0.3, -0.25) is 9.38 Å². The van der Waals surface area contributed by atoms with Crippen molar-refractivity contribution in [3.8, 4) is 0 Å². The van der Waals surface area contributed by atoms with Crippen molar-refractivity contribution in [3.05, 3.63) is 47.4 Å². The summed E-state index contributed by atoms with van der Waals surface area (Å²) < 4.78 is 2.07. The minimum absolute atomic E-state index is 0.493. The van der Waals surface area contributed by atoms with Crippen molar-refractivity contribution < 1.29 is 0 Å². The number of hydrogen-bond acceptors (Lipinski definition) is 5. The highest BCUT2D eigenvalue weighted by molar-refractivity contribution is 7.15. The normalized spacial score (nSPS) is 11.1. The van der Waals surface area contributed by atoms with E-state index in [1.807, 2.05) is 36.1 Å². The minimum atomic E-state index is 0.493. The number of nitrogens with zero attached hydrogens (tertiary/aromatic N) is 4. The van der Waals surface area contributed by atoms with Gasteiger partial charge in [0, 0.05) is 44.1 Å². The van der Waals surface area contributed by atoms with Crippen molar-refractivity contribution in [3.63, 3.8) is 0 Å². The van der Waals surface area contributed by atoms with Crippen molar-refractivity contribution in [2.45, 2.75) is 13.0 Å². The van der Waals surface area contributed by atoms with Gasteiger partial charge in [-0.2, -0.15) is 0 Å². The molecule has 0 saturated heterocycles. The Hall–Kier alpha value is -1.92. The van der Waals surface area contributed by atoms with Crippen LogP contribution in [0, 0.1) is 0 Å². The predicted octanol–water partition coefficient (Wildman–Crippen LogP) is 1.93. The predicted molar refractivity (Wildman–Crippen MR) is 82.2 cm³/mol. The fourth-order valence-electron chi connectivity index (χ4n) is 2.27. The van der Waals surface area contributed by atoms with Crippen molar-refractivity contribution in [1.29, 1.82) is 0 Å². The van der Waals surface area contributed by atoms with Gasteiger partial charge in [-0.25, -0.2) is 4.98 Å². The van der Waals surface area contributed by atoms with E-state index >= 15 is 0 Å². The zero-order chi connectivity index (χ0) is 13.9.